The van der Waals surface area contributed by atoms with Crippen molar-refractivity contribution in [3.63, 3.8) is 0 Å². The predicted molar refractivity (Wildman–Crippen MR) is 76.6 cm³/mol. The summed E-state index contributed by atoms with van der Waals surface area (Å²) in [7, 11) is 0. The maximum Gasteiger partial charge on any atom is 0.142 e. The number of hydrogen-bond donors (Lipinski definition) is 1. The molecule has 0 fully saturated rings. The summed E-state index contributed by atoms with van der Waals surface area (Å²) in [5.41, 5.74) is 2.07. The van der Waals surface area contributed by atoms with Crippen molar-refractivity contribution in [2.75, 3.05) is 6.54 Å². The molecular weight excluding hydrogens is 249 g/mol. The maximum atomic E-state index is 13.3. The highest BCUT2D eigenvalue weighted by atomic mass is 35.5. The largest absolute Gasteiger partial charge is 0.314 e. The van der Waals surface area contributed by atoms with Crippen LogP contribution in [0, 0.1) is 5.82 Å². The summed E-state index contributed by atoms with van der Waals surface area (Å²) in [5.74, 6) is -0.344. The van der Waals surface area contributed by atoms with Crippen LogP contribution in [0.15, 0.2) is 29.8 Å². The van der Waals surface area contributed by atoms with Crippen LogP contribution in [-0.4, -0.2) is 12.6 Å². The van der Waals surface area contributed by atoms with Gasteiger partial charge in [-0.05, 0) is 37.9 Å². The molecule has 1 nitrogen and oxygen atoms in total. The molecule has 0 unspecified atom stereocenters. The van der Waals surface area contributed by atoms with Crippen molar-refractivity contribution in [1.29, 1.82) is 0 Å². The highest BCUT2D eigenvalue weighted by Crippen LogP contribution is 2.22. The summed E-state index contributed by atoms with van der Waals surface area (Å²) in [6.45, 7) is 7.27. The Bertz CT molecular complexity index is 413. The van der Waals surface area contributed by atoms with Gasteiger partial charge in [0.15, 0.2) is 0 Å². The van der Waals surface area contributed by atoms with E-state index in [1.165, 1.54) is 11.6 Å². The molecule has 3 heteroatoms. The van der Waals surface area contributed by atoms with E-state index in [-0.39, 0.29) is 10.8 Å². The van der Waals surface area contributed by atoms with Gasteiger partial charge in [0, 0.05) is 6.04 Å². The van der Waals surface area contributed by atoms with Crippen LogP contribution in [0.4, 0.5) is 4.39 Å². The van der Waals surface area contributed by atoms with Crippen molar-refractivity contribution in [2.24, 2.45) is 0 Å². The monoisotopic (exact) mass is 269 g/mol. The summed E-state index contributed by atoms with van der Waals surface area (Å²) >= 11 is 5.93. The summed E-state index contributed by atoms with van der Waals surface area (Å²) in [4.78, 5) is 0. The van der Waals surface area contributed by atoms with Gasteiger partial charge in [0.2, 0.25) is 0 Å². The predicted octanol–water partition coefficient (Wildman–Crippen LogP) is 4.36. The van der Waals surface area contributed by atoms with E-state index >= 15 is 0 Å². The first-order valence-electron chi connectivity index (χ1n) is 6.32. The average Bonchev–Trinajstić information content (AvgIpc) is 2.30. The Balaban J connectivity index is 2.51. The van der Waals surface area contributed by atoms with E-state index in [1.807, 2.05) is 6.07 Å². The standard InChI is InChI=1S/C15H21ClFN/c1-11(2)18-9-5-6-12(3)10-13-7-4-8-14(17)15(13)16/h4,6-8,11,18H,5,9-10H2,1-3H3/b12-6-. The summed E-state index contributed by atoms with van der Waals surface area (Å²) in [6, 6.07) is 5.47. The number of benzene rings is 1. The van der Waals surface area contributed by atoms with Crippen LogP contribution in [0.1, 0.15) is 32.8 Å². The third-order valence-corrected chi connectivity index (χ3v) is 3.11. The fraction of sp³-hybridized carbons (Fsp3) is 0.467. The fourth-order valence-corrected chi connectivity index (χ4v) is 1.94. The molecule has 1 aromatic rings. The third kappa shape index (κ3) is 5.19. The summed E-state index contributed by atoms with van der Waals surface area (Å²) in [6.07, 6.45) is 3.87. The smallest absolute Gasteiger partial charge is 0.142 e. The zero-order valence-electron chi connectivity index (χ0n) is 11.3. The number of allylic oxidation sites excluding steroid dienone is 1. The molecule has 0 radical (unpaired) electrons. The van der Waals surface area contributed by atoms with Gasteiger partial charge in [-0.25, -0.2) is 4.39 Å². The van der Waals surface area contributed by atoms with Gasteiger partial charge < -0.3 is 5.32 Å². The minimum absolute atomic E-state index is 0.241. The lowest BCUT2D eigenvalue weighted by Crippen LogP contribution is -2.23. The fourth-order valence-electron chi connectivity index (χ4n) is 1.75. The van der Waals surface area contributed by atoms with Crippen LogP contribution in [0.25, 0.3) is 0 Å². The van der Waals surface area contributed by atoms with Gasteiger partial charge in [0.1, 0.15) is 5.82 Å². The minimum atomic E-state index is -0.344. The van der Waals surface area contributed by atoms with Gasteiger partial charge >= 0.3 is 0 Å². The van der Waals surface area contributed by atoms with Crippen LogP contribution in [0.2, 0.25) is 5.02 Å². The summed E-state index contributed by atoms with van der Waals surface area (Å²) < 4.78 is 13.3. The maximum absolute atomic E-state index is 13.3. The Morgan fingerprint density at radius 2 is 2.17 bits per heavy atom. The molecule has 100 valence electrons. The second-order valence-corrected chi connectivity index (χ2v) is 5.22. The lowest BCUT2D eigenvalue weighted by Gasteiger charge is -2.07. The van der Waals surface area contributed by atoms with Crippen molar-refractivity contribution in [1.82, 2.24) is 5.32 Å². The average molecular weight is 270 g/mol. The Morgan fingerprint density at radius 1 is 1.44 bits per heavy atom. The second-order valence-electron chi connectivity index (χ2n) is 4.84. The lowest BCUT2D eigenvalue weighted by molar-refractivity contribution is 0.594. The Labute approximate surface area is 114 Å². The van der Waals surface area contributed by atoms with Crippen molar-refractivity contribution in [3.8, 4) is 0 Å². The van der Waals surface area contributed by atoms with Gasteiger partial charge in [-0.15, -0.1) is 0 Å². The van der Waals surface area contributed by atoms with Crippen LogP contribution in [-0.2, 0) is 6.42 Å². The first kappa shape index (κ1) is 15.2. The molecule has 0 saturated heterocycles. The van der Waals surface area contributed by atoms with Crippen LogP contribution < -0.4 is 5.32 Å². The van der Waals surface area contributed by atoms with E-state index in [0.717, 1.165) is 18.5 Å². The number of rotatable bonds is 6. The Hall–Kier alpha value is -0.860. The first-order chi connectivity index (χ1) is 8.50. The van der Waals surface area contributed by atoms with E-state index in [2.05, 4.69) is 32.2 Å². The first-order valence-corrected chi connectivity index (χ1v) is 6.70. The van der Waals surface area contributed by atoms with E-state index in [1.54, 1.807) is 6.07 Å². The van der Waals surface area contributed by atoms with Crippen molar-refractivity contribution in [2.45, 2.75) is 39.7 Å². The molecule has 0 aliphatic carbocycles. The van der Waals surface area contributed by atoms with E-state index in [4.69, 9.17) is 11.6 Å². The second kappa shape index (κ2) is 7.55. The normalized spacial score (nSPS) is 12.2. The number of hydrogen-bond acceptors (Lipinski definition) is 1. The molecule has 0 spiro atoms. The van der Waals surface area contributed by atoms with Gasteiger partial charge in [-0.2, -0.15) is 0 Å². The molecule has 1 N–H and O–H groups in total. The topological polar surface area (TPSA) is 12.0 Å². The molecule has 0 amide bonds. The molecule has 0 aliphatic heterocycles. The zero-order valence-corrected chi connectivity index (χ0v) is 12.0. The lowest BCUT2D eigenvalue weighted by atomic mass is 10.1. The number of halogens is 2. The molecule has 0 heterocycles. The molecule has 0 aromatic heterocycles. The molecule has 0 saturated carbocycles. The summed E-state index contributed by atoms with van der Waals surface area (Å²) in [5, 5.41) is 3.60. The SMILES string of the molecule is C/C(=C/CCNC(C)C)Cc1cccc(F)c1Cl. The zero-order chi connectivity index (χ0) is 13.5. The van der Waals surface area contributed by atoms with E-state index < -0.39 is 0 Å². The van der Waals surface area contributed by atoms with Crippen LogP contribution in [0.5, 0.6) is 0 Å². The molecule has 0 atom stereocenters. The molecule has 1 aromatic carbocycles. The van der Waals surface area contributed by atoms with Crippen molar-refractivity contribution < 1.29 is 4.39 Å². The molecular formula is C15H21ClFN. The van der Waals surface area contributed by atoms with Gasteiger partial charge in [0.05, 0.1) is 5.02 Å². The van der Waals surface area contributed by atoms with E-state index in [9.17, 15) is 4.39 Å². The van der Waals surface area contributed by atoms with Gasteiger partial charge in [-0.1, -0.05) is 49.2 Å². The van der Waals surface area contributed by atoms with Crippen molar-refractivity contribution in [3.05, 3.63) is 46.3 Å². The minimum Gasteiger partial charge on any atom is -0.314 e. The molecule has 0 bridgehead atoms. The van der Waals surface area contributed by atoms with Crippen LogP contribution in [0.3, 0.4) is 0 Å². The molecule has 1 rings (SSSR count). The molecule has 0 aliphatic rings. The third-order valence-electron chi connectivity index (χ3n) is 2.69. The highest BCUT2D eigenvalue weighted by Gasteiger charge is 2.05. The Morgan fingerprint density at radius 3 is 2.83 bits per heavy atom. The van der Waals surface area contributed by atoms with Gasteiger partial charge in [0.25, 0.3) is 0 Å². The number of nitrogens with one attached hydrogen (secondary N) is 1. The quantitative estimate of drug-likeness (QED) is 0.598. The van der Waals surface area contributed by atoms with Crippen LogP contribution >= 0.6 is 11.6 Å². The highest BCUT2D eigenvalue weighted by molar-refractivity contribution is 6.31. The molecule has 18 heavy (non-hydrogen) atoms. The van der Waals surface area contributed by atoms with Gasteiger partial charge in [-0.3, -0.25) is 0 Å². The van der Waals surface area contributed by atoms with E-state index in [0.29, 0.717) is 12.5 Å². The Kier molecular flexibility index (Phi) is 6.37. The van der Waals surface area contributed by atoms with Crippen molar-refractivity contribution >= 4 is 11.6 Å².